The molecule has 0 aliphatic heterocycles. The predicted octanol–water partition coefficient (Wildman–Crippen LogP) is 0.360. The van der Waals surface area contributed by atoms with Gasteiger partial charge in [0, 0.05) is 0 Å². The van der Waals surface area contributed by atoms with Gasteiger partial charge >= 0.3 is 5.97 Å². The number of carbonyl (C=O) groups is 1. The number of likely N-dealkylation sites (N-methyl/N-ethyl adjacent to an activating group) is 1. The minimum absolute atomic E-state index is 0.261. The van der Waals surface area contributed by atoms with Crippen LogP contribution in [0.5, 0.6) is 0 Å². The van der Waals surface area contributed by atoms with Gasteiger partial charge in [-0.05, 0) is 26.0 Å². The Morgan fingerprint density at radius 2 is 2.33 bits per heavy atom. The first-order valence-electron chi connectivity index (χ1n) is 5.14. The molecule has 4 heteroatoms. The summed E-state index contributed by atoms with van der Waals surface area (Å²) in [5, 5.41) is 0. The van der Waals surface area contributed by atoms with Crippen LogP contribution in [0.4, 0.5) is 0 Å². The highest BCUT2D eigenvalue weighted by Gasteiger charge is 2.12. The molecule has 1 aromatic rings. The van der Waals surface area contributed by atoms with Crippen molar-refractivity contribution in [3.63, 3.8) is 0 Å². The van der Waals surface area contributed by atoms with E-state index in [9.17, 15) is 4.79 Å². The lowest BCUT2D eigenvalue weighted by Gasteiger charge is -2.17. The highest BCUT2D eigenvalue weighted by atomic mass is 16.5. The van der Waals surface area contributed by atoms with E-state index in [1.54, 1.807) is 12.1 Å². The normalized spacial score (nSPS) is 12.8. The molecule has 0 radical (unpaired) electrons. The van der Waals surface area contributed by atoms with E-state index in [1.807, 2.05) is 0 Å². The van der Waals surface area contributed by atoms with E-state index in [0.29, 0.717) is 12.6 Å². The van der Waals surface area contributed by atoms with E-state index >= 15 is 0 Å². The highest BCUT2D eigenvalue weighted by molar-refractivity contribution is 5.86. The number of furan rings is 1. The SMILES string of the molecule is CC(C)[NH+](C)CCOC(=O)c1ccco1. The van der Waals surface area contributed by atoms with Crippen molar-refractivity contribution in [1.29, 1.82) is 0 Å². The van der Waals surface area contributed by atoms with Gasteiger partial charge in [0.2, 0.25) is 5.76 Å². The standard InChI is InChI=1S/C11H17NO3/c1-9(2)12(3)6-8-15-11(13)10-5-4-7-14-10/h4-5,7,9H,6,8H2,1-3H3/p+1. The Balaban J connectivity index is 2.24. The third-order valence-electron chi connectivity index (χ3n) is 2.44. The number of ether oxygens (including phenoxy) is 1. The number of hydrogen-bond donors (Lipinski definition) is 1. The number of esters is 1. The summed E-state index contributed by atoms with van der Waals surface area (Å²) in [5.74, 6) is -0.131. The predicted molar refractivity (Wildman–Crippen MR) is 55.9 cm³/mol. The maximum absolute atomic E-state index is 11.3. The van der Waals surface area contributed by atoms with Crippen molar-refractivity contribution in [3.05, 3.63) is 24.2 Å². The lowest BCUT2D eigenvalue weighted by Crippen LogP contribution is -3.12. The van der Waals surface area contributed by atoms with E-state index in [0.717, 1.165) is 6.54 Å². The van der Waals surface area contributed by atoms with Crippen LogP contribution in [0.3, 0.4) is 0 Å². The van der Waals surface area contributed by atoms with Gasteiger partial charge in [0.05, 0.1) is 19.4 Å². The van der Waals surface area contributed by atoms with Gasteiger partial charge in [-0.3, -0.25) is 0 Å². The first-order valence-corrected chi connectivity index (χ1v) is 5.14. The maximum atomic E-state index is 11.3. The fourth-order valence-electron chi connectivity index (χ4n) is 1.06. The minimum Gasteiger partial charge on any atom is -0.457 e. The molecule has 1 heterocycles. The largest absolute Gasteiger partial charge is 0.457 e. The molecule has 0 aliphatic rings. The van der Waals surface area contributed by atoms with Crippen molar-refractivity contribution >= 4 is 5.97 Å². The Kier molecular flexibility index (Phi) is 4.37. The van der Waals surface area contributed by atoms with Crippen LogP contribution in [0.15, 0.2) is 22.8 Å². The Morgan fingerprint density at radius 3 is 2.87 bits per heavy atom. The van der Waals surface area contributed by atoms with Crippen LogP contribution in [0.25, 0.3) is 0 Å². The number of hydrogen-bond acceptors (Lipinski definition) is 3. The molecule has 0 amide bonds. The molecule has 1 rings (SSSR count). The lowest BCUT2D eigenvalue weighted by atomic mass is 10.3. The molecule has 1 aromatic heterocycles. The van der Waals surface area contributed by atoms with Crippen LogP contribution in [0, 0.1) is 0 Å². The molecule has 0 bridgehead atoms. The molecular formula is C11H18NO3+. The summed E-state index contributed by atoms with van der Waals surface area (Å²) >= 11 is 0. The Hall–Kier alpha value is -1.29. The van der Waals surface area contributed by atoms with Crippen molar-refractivity contribution in [1.82, 2.24) is 0 Å². The summed E-state index contributed by atoms with van der Waals surface area (Å²) in [6.07, 6.45) is 1.46. The van der Waals surface area contributed by atoms with E-state index in [2.05, 4.69) is 20.9 Å². The van der Waals surface area contributed by atoms with E-state index in [1.165, 1.54) is 11.2 Å². The van der Waals surface area contributed by atoms with E-state index in [4.69, 9.17) is 9.15 Å². The number of nitrogens with one attached hydrogen (secondary N) is 1. The summed E-state index contributed by atoms with van der Waals surface area (Å²) in [5.41, 5.74) is 0. The third kappa shape index (κ3) is 3.75. The molecule has 1 unspecified atom stereocenters. The zero-order chi connectivity index (χ0) is 11.3. The molecule has 4 nitrogen and oxygen atoms in total. The molecule has 1 N–H and O–H groups in total. The molecule has 0 spiro atoms. The van der Waals surface area contributed by atoms with Crippen LogP contribution in [0.1, 0.15) is 24.4 Å². The Labute approximate surface area is 89.8 Å². The molecule has 15 heavy (non-hydrogen) atoms. The molecule has 84 valence electrons. The topological polar surface area (TPSA) is 43.9 Å². The van der Waals surface area contributed by atoms with Gasteiger partial charge in [-0.1, -0.05) is 0 Å². The van der Waals surface area contributed by atoms with Crippen molar-refractivity contribution in [3.8, 4) is 0 Å². The Morgan fingerprint density at radius 1 is 1.60 bits per heavy atom. The van der Waals surface area contributed by atoms with Gasteiger partial charge in [-0.15, -0.1) is 0 Å². The third-order valence-corrected chi connectivity index (χ3v) is 2.44. The van der Waals surface area contributed by atoms with Crippen molar-refractivity contribution in [2.24, 2.45) is 0 Å². The average Bonchev–Trinajstić information content (AvgIpc) is 2.70. The first kappa shape index (κ1) is 11.8. The van der Waals surface area contributed by atoms with Crippen molar-refractivity contribution in [2.75, 3.05) is 20.2 Å². The van der Waals surface area contributed by atoms with Crippen LogP contribution < -0.4 is 4.90 Å². The van der Waals surface area contributed by atoms with Gasteiger partial charge in [0.25, 0.3) is 0 Å². The van der Waals surface area contributed by atoms with Gasteiger partial charge in [-0.2, -0.15) is 0 Å². The molecular weight excluding hydrogens is 194 g/mol. The average molecular weight is 212 g/mol. The van der Waals surface area contributed by atoms with Gasteiger partial charge < -0.3 is 14.1 Å². The zero-order valence-corrected chi connectivity index (χ0v) is 9.45. The summed E-state index contributed by atoms with van der Waals surface area (Å²) < 4.78 is 9.97. The number of rotatable bonds is 5. The van der Waals surface area contributed by atoms with E-state index < -0.39 is 5.97 Å². The molecule has 0 fully saturated rings. The second-order valence-corrected chi connectivity index (χ2v) is 3.86. The van der Waals surface area contributed by atoms with Crippen LogP contribution in [-0.4, -0.2) is 32.2 Å². The van der Waals surface area contributed by atoms with Crippen molar-refractivity contribution in [2.45, 2.75) is 19.9 Å². The fraction of sp³-hybridized carbons (Fsp3) is 0.545. The second-order valence-electron chi connectivity index (χ2n) is 3.86. The molecule has 0 saturated carbocycles. The lowest BCUT2D eigenvalue weighted by molar-refractivity contribution is -0.901. The van der Waals surface area contributed by atoms with Crippen LogP contribution in [-0.2, 0) is 4.74 Å². The fourth-order valence-corrected chi connectivity index (χ4v) is 1.06. The monoisotopic (exact) mass is 212 g/mol. The van der Waals surface area contributed by atoms with Gasteiger partial charge in [0.1, 0.15) is 13.2 Å². The first-order chi connectivity index (χ1) is 7.11. The molecule has 0 saturated heterocycles. The smallest absolute Gasteiger partial charge is 0.374 e. The van der Waals surface area contributed by atoms with Crippen LogP contribution >= 0.6 is 0 Å². The molecule has 1 atom stereocenters. The number of quaternary nitrogens is 1. The quantitative estimate of drug-likeness (QED) is 0.717. The summed E-state index contributed by atoms with van der Waals surface area (Å²) in [6, 6.07) is 3.80. The van der Waals surface area contributed by atoms with Gasteiger partial charge in [0.15, 0.2) is 0 Å². The summed E-state index contributed by atoms with van der Waals surface area (Å²) in [6.45, 7) is 5.49. The maximum Gasteiger partial charge on any atom is 0.374 e. The minimum atomic E-state index is -0.392. The van der Waals surface area contributed by atoms with Crippen LogP contribution in [0.2, 0.25) is 0 Å². The van der Waals surface area contributed by atoms with E-state index in [-0.39, 0.29) is 5.76 Å². The zero-order valence-electron chi connectivity index (χ0n) is 9.45. The van der Waals surface area contributed by atoms with Gasteiger partial charge in [-0.25, -0.2) is 4.79 Å². The summed E-state index contributed by atoms with van der Waals surface area (Å²) in [4.78, 5) is 12.7. The van der Waals surface area contributed by atoms with Crippen molar-refractivity contribution < 1.29 is 18.8 Å². The second kappa shape index (κ2) is 5.56. The highest BCUT2D eigenvalue weighted by Crippen LogP contribution is 2.01. The molecule has 0 aromatic carbocycles. The summed E-state index contributed by atoms with van der Waals surface area (Å²) in [7, 11) is 2.07. The Bertz CT molecular complexity index is 293. The number of carbonyl (C=O) groups excluding carboxylic acids is 1. The molecule has 0 aliphatic carbocycles.